The number of nitrogens with zero attached hydrogens (tertiary/aromatic N) is 1. The summed E-state index contributed by atoms with van der Waals surface area (Å²) < 4.78 is 13.0. The zero-order chi connectivity index (χ0) is 16.9. The van der Waals surface area contributed by atoms with Crippen LogP contribution in [-0.2, 0) is 4.74 Å². The van der Waals surface area contributed by atoms with Crippen LogP contribution < -0.4 is 4.74 Å². The Bertz CT molecular complexity index is 635. The molecule has 0 aromatic heterocycles. The largest absolute Gasteiger partial charge is 0.486 e. The average molecular weight is 362 g/mol. The van der Waals surface area contributed by atoms with Crippen LogP contribution in [0.15, 0.2) is 18.2 Å². The molecule has 2 saturated heterocycles. The molecule has 3 aliphatic heterocycles. The van der Waals surface area contributed by atoms with Crippen molar-refractivity contribution in [1.82, 2.24) is 4.90 Å². The first kappa shape index (κ1) is 16.4. The molecule has 1 aliphatic carbocycles. The van der Waals surface area contributed by atoms with E-state index in [2.05, 4.69) is 17.0 Å². The van der Waals surface area contributed by atoms with Crippen molar-refractivity contribution in [1.29, 1.82) is 0 Å². The van der Waals surface area contributed by atoms with Gasteiger partial charge in [0, 0.05) is 55.1 Å². The van der Waals surface area contributed by atoms with E-state index in [-0.39, 0.29) is 11.7 Å². The summed E-state index contributed by atoms with van der Waals surface area (Å²) in [6.07, 6.45) is 10.4. The molecular weight excluding hydrogens is 334 g/mol. The molecule has 0 bridgehead atoms. The van der Waals surface area contributed by atoms with Gasteiger partial charge in [0.2, 0.25) is 0 Å². The van der Waals surface area contributed by atoms with Gasteiger partial charge in [-0.2, -0.15) is 0 Å². The van der Waals surface area contributed by atoms with Crippen LogP contribution >= 0.6 is 11.6 Å². The van der Waals surface area contributed by atoms with Crippen LogP contribution in [0.5, 0.6) is 5.75 Å². The number of hydrogen-bond acceptors (Lipinski definition) is 3. The quantitative estimate of drug-likeness (QED) is 0.704. The van der Waals surface area contributed by atoms with Gasteiger partial charge in [0.15, 0.2) is 0 Å². The Hall–Kier alpha value is -0.770. The number of benzene rings is 1. The fourth-order valence-electron chi connectivity index (χ4n) is 5.77. The fraction of sp³-hybridized carbons (Fsp3) is 0.714. The van der Waals surface area contributed by atoms with Gasteiger partial charge in [-0.05, 0) is 43.9 Å². The van der Waals surface area contributed by atoms with Gasteiger partial charge in [-0.1, -0.05) is 24.4 Å². The summed E-state index contributed by atoms with van der Waals surface area (Å²) in [5.74, 6) is 1.47. The van der Waals surface area contributed by atoms with Crippen molar-refractivity contribution in [2.24, 2.45) is 5.92 Å². The highest BCUT2D eigenvalue weighted by Gasteiger charge is 2.52. The van der Waals surface area contributed by atoms with E-state index in [0.717, 1.165) is 42.7 Å². The standard InChI is InChI=1S/C21H28ClNO2/c22-15-7-8-19-17(14-15)20-18(6-3-13-24-20)21(25-19)9-11-23(12-10-21)16-4-1-2-5-16/h7-8,14,16,18,20H,1-6,9-13H2/t18-,20+/m1/s1. The van der Waals surface area contributed by atoms with Crippen LogP contribution in [0, 0.1) is 5.92 Å². The van der Waals surface area contributed by atoms with Crippen molar-refractivity contribution in [3.05, 3.63) is 28.8 Å². The maximum Gasteiger partial charge on any atom is 0.126 e. The first-order valence-electron chi connectivity index (χ1n) is 10.1. The average Bonchev–Trinajstić information content (AvgIpc) is 3.18. The third-order valence-electron chi connectivity index (χ3n) is 7.08. The number of likely N-dealkylation sites (tertiary alicyclic amines) is 1. The number of halogens is 1. The summed E-state index contributed by atoms with van der Waals surface area (Å²) in [6, 6.07) is 6.88. The number of rotatable bonds is 1. The smallest absolute Gasteiger partial charge is 0.126 e. The molecule has 0 radical (unpaired) electrons. The van der Waals surface area contributed by atoms with Crippen molar-refractivity contribution in [2.45, 2.75) is 69.1 Å². The zero-order valence-electron chi connectivity index (χ0n) is 14.9. The first-order valence-corrected chi connectivity index (χ1v) is 10.5. The summed E-state index contributed by atoms with van der Waals surface area (Å²) in [6.45, 7) is 3.21. The Balaban J connectivity index is 1.42. The molecule has 0 unspecified atom stereocenters. The molecule has 4 heteroatoms. The lowest BCUT2D eigenvalue weighted by atomic mass is 9.69. The Morgan fingerprint density at radius 3 is 2.64 bits per heavy atom. The highest BCUT2D eigenvalue weighted by Crippen LogP contribution is 2.53. The van der Waals surface area contributed by atoms with Crippen LogP contribution in [-0.4, -0.2) is 36.2 Å². The van der Waals surface area contributed by atoms with Crippen LogP contribution in [0.25, 0.3) is 0 Å². The van der Waals surface area contributed by atoms with E-state index < -0.39 is 0 Å². The van der Waals surface area contributed by atoms with E-state index in [9.17, 15) is 0 Å². The van der Waals surface area contributed by atoms with E-state index >= 15 is 0 Å². The van der Waals surface area contributed by atoms with E-state index in [0.29, 0.717) is 5.92 Å². The maximum absolute atomic E-state index is 6.73. The van der Waals surface area contributed by atoms with E-state index in [1.807, 2.05) is 6.07 Å². The molecule has 1 aromatic carbocycles. The molecule has 136 valence electrons. The minimum atomic E-state index is -0.0407. The molecule has 1 saturated carbocycles. The van der Waals surface area contributed by atoms with E-state index in [1.165, 1.54) is 50.8 Å². The summed E-state index contributed by atoms with van der Waals surface area (Å²) >= 11 is 6.26. The Morgan fingerprint density at radius 2 is 1.84 bits per heavy atom. The molecular formula is C21H28ClNO2. The Labute approximate surface area is 155 Å². The zero-order valence-corrected chi connectivity index (χ0v) is 15.6. The number of ether oxygens (including phenoxy) is 2. The molecule has 1 aromatic rings. The molecule has 25 heavy (non-hydrogen) atoms. The lowest BCUT2D eigenvalue weighted by Gasteiger charge is -2.54. The highest BCUT2D eigenvalue weighted by atomic mass is 35.5. The topological polar surface area (TPSA) is 21.7 Å². The Kier molecular flexibility index (Phi) is 4.22. The summed E-state index contributed by atoms with van der Waals surface area (Å²) in [5, 5.41) is 0.780. The number of fused-ring (bicyclic) bond motifs is 4. The monoisotopic (exact) mass is 361 g/mol. The molecule has 1 spiro atoms. The Morgan fingerprint density at radius 1 is 1.04 bits per heavy atom. The molecule has 3 heterocycles. The molecule has 3 fully saturated rings. The van der Waals surface area contributed by atoms with Crippen molar-refractivity contribution >= 4 is 11.6 Å². The van der Waals surface area contributed by atoms with Crippen LogP contribution in [0.3, 0.4) is 0 Å². The molecule has 0 N–H and O–H groups in total. The minimum absolute atomic E-state index is 0.0407. The van der Waals surface area contributed by atoms with Crippen molar-refractivity contribution in [3.8, 4) is 5.75 Å². The highest BCUT2D eigenvalue weighted by molar-refractivity contribution is 6.30. The second-order valence-electron chi connectivity index (χ2n) is 8.36. The molecule has 4 aliphatic rings. The number of hydrogen-bond donors (Lipinski definition) is 0. The molecule has 2 atom stereocenters. The molecule has 0 amide bonds. The van der Waals surface area contributed by atoms with Gasteiger partial charge in [-0.15, -0.1) is 0 Å². The van der Waals surface area contributed by atoms with Crippen molar-refractivity contribution < 1.29 is 9.47 Å². The third-order valence-corrected chi connectivity index (χ3v) is 7.31. The lowest BCUT2D eigenvalue weighted by molar-refractivity contribution is -0.151. The molecule has 3 nitrogen and oxygen atoms in total. The van der Waals surface area contributed by atoms with Gasteiger partial charge in [0.25, 0.3) is 0 Å². The first-order chi connectivity index (χ1) is 12.3. The summed E-state index contributed by atoms with van der Waals surface area (Å²) in [7, 11) is 0. The lowest BCUT2D eigenvalue weighted by Crippen LogP contribution is -2.58. The van der Waals surface area contributed by atoms with Gasteiger partial charge in [0.05, 0.1) is 6.10 Å². The van der Waals surface area contributed by atoms with Gasteiger partial charge in [0.1, 0.15) is 11.4 Å². The fourth-order valence-corrected chi connectivity index (χ4v) is 5.95. The van der Waals surface area contributed by atoms with Crippen molar-refractivity contribution in [2.75, 3.05) is 19.7 Å². The third kappa shape index (κ3) is 2.79. The predicted octanol–water partition coefficient (Wildman–Crippen LogP) is 4.98. The van der Waals surface area contributed by atoms with Crippen LogP contribution in [0.4, 0.5) is 0 Å². The number of piperidine rings is 1. The molecule has 5 rings (SSSR count). The van der Waals surface area contributed by atoms with Gasteiger partial charge in [-0.3, -0.25) is 0 Å². The second-order valence-corrected chi connectivity index (χ2v) is 8.80. The van der Waals surface area contributed by atoms with E-state index in [1.54, 1.807) is 0 Å². The summed E-state index contributed by atoms with van der Waals surface area (Å²) in [4.78, 5) is 2.73. The second kappa shape index (κ2) is 6.44. The maximum atomic E-state index is 6.73. The van der Waals surface area contributed by atoms with Crippen LogP contribution in [0.2, 0.25) is 5.02 Å². The van der Waals surface area contributed by atoms with Gasteiger partial charge in [-0.25, -0.2) is 0 Å². The minimum Gasteiger partial charge on any atom is -0.486 e. The van der Waals surface area contributed by atoms with E-state index in [4.69, 9.17) is 21.1 Å². The van der Waals surface area contributed by atoms with Gasteiger partial charge >= 0.3 is 0 Å². The normalized spacial score (nSPS) is 32.2. The predicted molar refractivity (Wildman–Crippen MR) is 99.3 cm³/mol. The van der Waals surface area contributed by atoms with Crippen molar-refractivity contribution in [3.63, 3.8) is 0 Å². The van der Waals surface area contributed by atoms with Crippen LogP contribution in [0.1, 0.15) is 63.0 Å². The SMILES string of the molecule is Clc1ccc2c(c1)[C@@H]1OCCC[C@H]1C1(CCN(C3CCCC3)CC1)O2. The summed E-state index contributed by atoms with van der Waals surface area (Å²) in [5.41, 5.74) is 1.13. The van der Waals surface area contributed by atoms with Gasteiger partial charge < -0.3 is 14.4 Å².